The van der Waals surface area contributed by atoms with Crippen molar-refractivity contribution in [2.75, 3.05) is 11.4 Å². The molecule has 1 aromatic carbocycles. The molecule has 0 amide bonds. The summed E-state index contributed by atoms with van der Waals surface area (Å²) in [5.41, 5.74) is 2.25. The average molecular weight is 249 g/mol. The van der Waals surface area contributed by atoms with Crippen molar-refractivity contribution in [2.24, 2.45) is 5.92 Å². The van der Waals surface area contributed by atoms with Crippen molar-refractivity contribution >= 4 is 5.69 Å². The van der Waals surface area contributed by atoms with Crippen LogP contribution in [0.3, 0.4) is 0 Å². The summed E-state index contributed by atoms with van der Waals surface area (Å²) in [6.45, 7) is 12.0. The van der Waals surface area contributed by atoms with Gasteiger partial charge in [0.1, 0.15) is 0 Å². The van der Waals surface area contributed by atoms with Crippen molar-refractivity contribution < 1.29 is 5.11 Å². The van der Waals surface area contributed by atoms with Crippen LogP contribution in [-0.4, -0.2) is 17.7 Å². The normalized spacial score (nSPS) is 13.1. The lowest BCUT2D eigenvalue weighted by molar-refractivity contribution is 0.173. The van der Waals surface area contributed by atoms with E-state index in [0.29, 0.717) is 12.0 Å². The number of nitrogens with zero attached hydrogens (tertiary/aromatic N) is 1. The van der Waals surface area contributed by atoms with Gasteiger partial charge < -0.3 is 10.0 Å². The van der Waals surface area contributed by atoms with Crippen molar-refractivity contribution in [3.8, 4) is 0 Å². The van der Waals surface area contributed by atoms with E-state index in [1.165, 1.54) is 5.69 Å². The van der Waals surface area contributed by atoms with Gasteiger partial charge in [-0.1, -0.05) is 32.9 Å². The molecule has 0 aliphatic rings. The standard InChI is InChI=1S/C16H27NO/c1-6-16(18)14-7-9-15(10-8-14)17(13(4)5)11-12(2)3/h7-10,12-13,16,18H,6,11H2,1-5H3/t16-/m1/s1. The maximum absolute atomic E-state index is 9.80. The lowest BCUT2D eigenvalue weighted by Crippen LogP contribution is -2.34. The van der Waals surface area contributed by atoms with Crippen LogP contribution in [0.2, 0.25) is 0 Å². The number of rotatable bonds is 6. The van der Waals surface area contributed by atoms with E-state index in [0.717, 1.165) is 18.5 Å². The quantitative estimate of drug-likeness (QED) is 0.823. The van der Waals surface area contributed by atoms with Gasteiger partial charge in [-0.25, -0.2) is 0 Å². The zero-order chi connectivity index (χ0) is 13.7. The third-order valence-corrected chi connectivity index (χ3v) is 3.18. The maximum atomic E-state index is 9.80. The molecule has 0 heterocycles. The summed E-state index contributed by atoms with van der Waals surface area (Å²) in [6.07, 6.45) is 0.427. The highest BCUT2D eigenvalue weighted by atomic mass is 16.3. The Morgan fingerprint density at radius 2 is 1.61 bits per heavy atom. The number of aliphatic hydroxyl groups excluding tert-OH is 1. The molecular formula is C16H27NO. The molecule has 1 rings (SSSR count). The fourth-order valence-electron chi connectivity index (χ4n) is 2.13. The second-order valence-electron chi connectivity index (χ2n) is 5.66. The SMILES string of the molecule is CC[C@@H](O)c1ccc(N(CC(C)C)C(C)C)cc1. The van der Waals surface area contributed by atoms with Gasteiger partial charge in [0.25, 0.3) is 0 Å². The molecule has 0 aliphatic carbocycles. The van der Waals surface area contributed by atoms with Crippen LogP contribution in [0.25, 0.3) is 0 Å². The molecule has 0 saturated heterocycles. The molecule has 1 atom stereocenters. The second-order valence-corrected chi connectivity index (χ2v) is 5.66. The van der Waals surface area contributed by atoms with Crippen molar-refractivity contribution in [3.05, 3.63) is 29.8 Å². The molecule has 2 heteroatoms. The minimum Gasteiger partial charge on any atom is -0.388 e. The topological polar surface area (TPSA) is 23.5 Å². The molecule has 0 unspecified atom stereocenters. The van der Waals surface area contributed by atoms with Crippen LogP contribution in [0.1, 0.15) is 52.7 Å². The van der Waals surface area contributed by atoms with Crippen molar-refractivity contribution in [1.82, 2.24) is 0 Å². The van der Waals surface area contributed by atoms with Gasteiger partial charge in [0.05, 0.1) is 6.10 Å². The zero-order valence-corrected chi connectivity index (χ0v) is 12.4. The van der Waals surface area contributed by atoms with Gasteiger partial charge in [0, 0.05) is 18.3 Å². The Balaban J connectivity index is 2.86. The van der Waals surface area contributed by atoms with E-state index >= 15 is 0 Å². The molecular weight excluding hydrogens is 222 g/mol. The number of anilines is 1. The van der Waals surface area contributed by atoms with Crippen LogP contribution in [0.15, 0.2) is 24.3 Å². The minimum absolute atomic E-state index is 0.336. The van der Waals surface area contributed by atoms with E-state index in [4.69, 9.17) is 0 Å². The zero-order valence-electron chi connectivity index (χ0n) is 12.4. The largest absolute Gasteiger partial charge is 0.388 e. The van der Waals surface area contributed by atoms with Gasteiger partial charge in [-0.2, -0.15) is 0 Å². The Hall–Kier alpha value is -1.02. The second kappa shape index (κ2) is 6.79. The van der Waals surface area contributed by atoms with Crippen molar-refractivity contribution in [3.63, 3.8) is 0 Å². The van der Waals surface area contributed by atoms with E-state index < -0.39 is 0 Å². The monoisotopic (exact) mass is 249 g/mol. The van der Waals surface area contributed by atoms with Crippen molar-refractivity contribution in [2.45, 2.75) is 53.2 Å². The molecule has 0 saturated carbocycles. The summed E-state index contributed by atoms with van der Waals surface area (Å²) in [6, 6.07) is 8.82. The first kappa shape index (κ1) is 15.0. The molecule has 0 spiro atoms. The fraction of sp³-hybridized carbons (Fsp3) is 0.625. The van der Waals surface area contributed by atoms with Crippen LogP contribution < -0.4 is 4.90 Å². The van der Waals surface area contributed by atoms with E-state index in [-0.39, 0.29) is 6.10 Å². The van der Waals surface area contributed by atoms with Gasteiger partial charge in [-0.3, -0.25) is 0 Å². The Labute approximate surface area is 112 Å². The van der Waals surface area contributed by atoms with Crippen LogP contribution in [0.5, 0.6) is 0 Å². The van der Waals surface area contributed by atoms with Gasteiger partial charge in [0.2, 0.25) is 0 Å². The van der Waals surface area contributed by atoms with E-state index in [2.05, 4.69) is 44.7 Å². The van der Waals surface area contributed by atoms with Crippen LogP contribution in [-0.2, 0) is 0 Å². The first-order valence-electron chi connectivity index (χ1n) is 7.00. The molecule has 0 radical (unpaired) electrons. The lowest BCUT2D eigenvalue weighted by atomic mass is 10.1. The number of aliphatic hydroxyl groups is 1. The Kier molecular flexibility index (Phi) is 5.67. The molecule has 0 bridgehead atoms. The van der Waals surface area contributed by atoms with Crippen molar-refractivity contribution in [1.29, 1.82) is 0 Å². The summed E-state index contributed by atoms with van der Waals surface area (Å²) in [4.78, 5) is 2.41. The van der Waals surface area contributed by atoms with Crippen LogP contribution >= 0.6 is 0 Å². The third-order valence-electron chi connectivity index (χ3n) is 3.18. The fourth-order valence-corrected chi connectivity index (χ4v) is 2.13. The molecule has 102 valence electrons. The maximum Gasteiger partial charge on any atom is 0.0787 e. The summed E-state index contributed by atoms with van der Waals surface area (Å²) in [5, 5.41) is 9.80. The first-order valence-corrected chi connectivity index (χ1v) is 7.00. The molecule has 1 N–H and O–H groups in total. The highest BCUT2D eigenvalue weighted by molar-refractivity contribution is 5.48. The summed E-state index contributed by atoms with van der Waals surface area (Å²) in [7, 11) is 0. The van der Waals surface area contributed by atoms with E-state index in [1.54, 1.807) is 0 Å². The Bertz CT molecular complexity index is 343. The number of benzene rings is 1. The predicted octanol–water partition coefficient (Wildman–Crippen LogP) is 4.00. The molecule has 18 heavy (non-hydrogen) atoms. The predicted molar refractivity (Wildman–Crippen MR) is 79.0 cm³/mol. The van der Waals surface area contributed by atoms with Gasteiger partial charge >= 0.3 is 0 Å². The van der Waals surface area contributed by atoms with Gasteiger partial charge in [-0.05, 0) is 43.9 Å². The van der Waals surface area contributed by atoms with Gasteiger partial charge in [-0.15, -0.1) is 0 Å². The van der Waals surface area contributed by atoms with Gasteiger partial charge in [0.15, 0.2) is 0 Å². The lowest BCUT2D eigenvalue weighted by Gasteiger charge is -2.31. The summed E-state index contributed by atoms with van der Waals surface area (Å²) >= 11 is 0. The third kappa shape index (κ3) is 4.02. The van der Waals surface area contributed by atoms with E-state index in [1.807, 2.05) is 19.1 Å². The summed E-state index contributed by atoms with van der Waals surface area (Å²) in [5.74, 6) is 0.647. The van der Waals surface area contributed by atoms with Crippen LogP contribution in [0.4, 0.5) is 5.69 Å². The summed E-state index contributed by atoms with van der Waals surface area (Å²) < 4.78 is 0. The molecule has 0 fully saturated rings. The number of hydrogen-bond donors (Lipinski definition) is 1. The Morgan fingerprint density at radius 3 is 2.00 bits per heavy atom. The molecule has 1 aromatic rings. The average Bonchev–Trinajstić information content (AvgIpc) is 2.34. The minimum atomic E-state index is -0.336. The molecule has 0 aromatic heterocycles. The van der Waals surface area contributed by atoms with Crippen LogP contribution in [0, 0.1) is 5.92 Å². The number of hydrogen-bond acceptors (Lipinski definition) is 2. The van der Waals surface area contributed by atoms with E-state index in [9.17, 15) is 5.11 Å². The molecule has 2 nitrogen and oxygen atoms in total. The highest BCUT2D eigenvalue weighted by Gasteiger charge is 2.13. The first-order chi connectivity index (χ1) is 8.45. The highest BCUT2D eigenvalue weighted by Crippen LogP contribution is 2.23. The molecule has 0 aliphatic heterocycles. The Morgan fingerprint density at radius 1 is 1.06 bits per heavy atom. The smallest absolute Gasteiger partial charge is 0.0787 e.